The molecule has 0 aliphatic carbocycles. The van der Waals surface area contributed by atoms with Gasteiger partial charge in [-0.3, -0.25) is 9.78 Å². The van der Waals surface area contributed by atoms with Crippen molar-refractivity contribution < 1.29 is 13.9 Å². The van der Waals surface area contributed by atoms with E-state index in [0.29, 0.717) is 5.69 Å². The van der Waals surface area contributed by atoms with Gasteiger partial charge in [0, 0.05) is 6.20 Å². The SMILES string of the molecule is COc1cccc(C(=O)c2cnc(C)cn2)c1F. The smallest absolute Gasteiger partial charge is 0.216 e. The monoisotopic (exact) mass is 246 g/mol. The van der Waals surface area contributed by atoms with Crippen molar-refractivity contribution in [2.24, 2.45) is 0 Å². The van der Waals surface area contributed by atoms with Gasteiger partial charge in [-0.25, -0.2) is 9.37 Å². The summed E-state index contributed by atoms with van der Waals surface area (Å²) in [6.07, 6.45) is 2.79. The first-order valence-corrected chi connectivity index (χ1v) is 5.29. The molecule has 92 valence electrons. The first-order chi connectivity index (χ1) is 8.63. The Hall–Kier alpha value is -2.30. The normalized spacial score (nSPS) is 10.2. The number of methoxy groups -OCH3 is 1. The van der Waals surface area contributed by atoms with E-state index >= 15 is 0 Å². The van der Waals surface area contributed by atoms with E-state index in [2.05, 4.69) is 9.97 Å². The standard InChI is InChI=1S/C13H11FN2O2/c1-8-6-16-10(7-15-8)13(17)9-4-3-5-11(18-2)12(9)14/h3-7H,1-2H3. The summed E-state index contributed by atoms with van der Waals surface area (Å²) in [5.41, 5.74) is 0.720. The van der Waals surface area contributed by atoms with Crippen LogP contribution in [0.5, 0.6) is 5.75 Å². The molecule has 0 fully saturated rings. The van der Waals surface area contributed by atoms with E-state index in [1.807, 2.05) is 0 Å². The molecule has 0 amide bonds. The summed E-state index contributed by atoms with van der Waals surface area (Å²) in [6, 6.07) is 4.39. The summed E-state index contributed by atoms with van der Waals surface area (Å²) in [5, 5.41) is 0. The summed E-state index contributed by atoms with van der Waals surface area (Å²) < 4.78 is 18.7. The van der Waals surface area contributed by atoms with E-state index in [0.717, 1.165) is 0 Å². The molecule has 0 saturated heterocycles. The second kappa shape index (κ2) is 4.91. The van der Waals surface area contributed by atoms with E-state index in [-0.39, 0.29) is 17.0 Å². The third kappa shape index (κ3) is 2.20. The maximum Gasteiger partial charge on any atom is 0.216 e. The van der Waals surface area contributed by atoms with Crippen molar-refractivity contribution in [1.29, 1.82) is 0 Å². The third-order valence-corrected chi connectivity index (χ3v) is 2.44. The summed E-state index contributed by atoms with van der Waals surface area (Å²) in [6.45, 7) is 1.76. The van der Waals surface area contributed by atoms with Gasteiger partial charge in [-0.15, -0.1) is 0 Å². The minimum Gasteiger partial charge on any atom is -0.494 e. The van der Waals surface area contributed by atoms with Crippen LogP contribution in [-0.4, -0.2) is 22.9 Å². The Morgan fingerprint density at radius 3 is 2.67 bits per heavy atom. The lowest BCUT2D eigenvalue weighted by atomic mass is 10.1. The van der Waals surface area contributed by atoms with Crippen LogP contribution in [0.1, 0.15) is 21.7 Å². The minimum atomic E-state index is -0.688. The molecule has 2 aromatic rings. The number of nitrogens with zero attached hydrogens (tertiary/aromatic N) is 2. The number of aryl methyl sites for hydroxylation is 1. The zero-order valence-electron chi connectivity index (χ0n) is 9.98. The number of hydrogen-bond donors (Lipinski definition) is 0. The Morgan fingerprint density at radius 2 is 2.06 bits per heavy atom. The molecule has 0 bridgehead atoms. The molecule has 18 heavy (non-hydrogen) atoms. The minimum absolute atomic E-state index is 0.0286. The van der Waals surface area contributed by atoms with Gasteiger partial charge in [-0.05, 0) is 19.1 Å². The molecule has 0 atom stereocenters. The fourth-order valence-corrected chi connectivity index (χ4v) is 1.49. The molecule has 1 aromatic carbocycles. The van der Waals surface area contributed by atoms with Crippen LogP contribution in [0, 0.1) is 12.7 Å². The second-order valence-corrected chi connectivity index (χ2v) is 3.69. The van der Waals surface area contributed by atoms with Gasteiger partial charge < -0.3 is 4.74 Å². The Labute approximate surface area is 103 Å². The zero-order chi connectivity index (χ0) is 13.1. The number of halogens is 1. The highest BCUT2D eigenvalue weighted by atomic mass is 19.1. The first-order valence-electron chi connectivity index (χ1n) is 5.29. The largest absolute Gasteiger partial charge is 0.494 e. The second-order valence-electron chi connectivity index (χ2n) is 3.69. The fourth-order valence-electron chi connectivity index (χ4n) is 1.49. The topological polar surface area (TPSA) is 52.1 Å². The number of aromatic nitrogens is 2. The first kappa shape index (κ1) is 12.2. The molecule has 0 saturated carbocycles. The van der Waals surface area contributed by atoms with Crippen molar-refractivity contribution in [2.45, 2.75) is 6.92 Å². The summed E-state index contributed by atoms with van der Waals surface area (Å²) in [7, 11) is 1.35. The predicted octanol–water partition coefficient (Wildman–Crippen LogP) is 2.16. The molecule has 0 N–H and O–H groups in total. The van der Waals surface area contributed by atoms with Crippen molar-refractivity contribution in [1.82, 2.24) is 9.97 Å². The van der Waals surface area contributed by atoms with Gasteiger partial charge in [0.05, 0.1) is 24.6 Å². The molecule has 0 unspecified atom stereocenters. The summed E-state index contributed by atoms with van der Waals surface area (Å²) in [5.74, 6) is -1.17. The van der Waals surface area contributed by atoms with Gasteiger partial charge in [0.2, 0.25) is 5.78 Å². The molecule has 5 heteroatoms. The van der Waals surface area contributed by atoms with Crippen LogP contribution >= 0.6 is 0 Å². The average Bonchev–Trinajstić information content (AvgIpc) is 2.39. The van der Waals surface area contributed by atoms with E-state index in [9.17, 15) is 9.18 Å². The molecule has 0 aliphatic heterocycles. The van der Waals surface area contributed by atoms with Gasteiger partial charge in [-0.1, -0.05) is 6.07 Å². The predicted molar refractivity (Wildman–Crippen MR) is 63.2 cm³/mol. The van der Waals surface area contributed by atoms with Crippen LogP contribution in [0.4, 0.5) is 4.39 Å². The number of benzene rings is 1. The number of rotatable bonds is 3. The molecular formula is C13H11FN2O2. The molecule has 1 heterocycles. The Morgan fingerprint density at radius 1 is 1.28 bits per heavy atom. The lowest BCUT2D eigenvalue weighted by molar-refractivity contribution is 0.102. The zero-order valence-corrected chi connectivity index (χ0v) is 9.98. The van der Waals surface area contributed by atoms with E-state index in [1.165, 1.54) is 31.6 Å². The third-order valence-electron chi connectivity index (χ3n) is 2.44. The molecule has 1 aromatic heterocycles. The Balaban J connectivity index is 2.43. The van der Waals surface area contributed by atoms with Gasteiger partial charge in [-0.2, -0.15) is 0 Å². The van der Waals surface area contributed by atoms with Gasteiger partial charge in [0.25, 0.3) is 0 Å². The molecular weight excluding hydrogens is 235 g/mol. The number of ketones is 1. The van der Waals surface area contributed by atoms with E-state index < -0.39 is 11.6 Å². The van der Waals surface area contributed by atoms with E-state index in [1.54, 1.807) is 13.0 Å². The highest BCUT2D eigenvalue weighted by Crippen LogP contribution is 2.21. The number of ether oxygens (including phenoxy) is 1. The molecule has 0 spiro atoms. The molecule has 0 radical (unpaired) electrons. The quantitative estimate of drug-likeness (QED) is 0.779. The van der Waals surface area contributed by atoms with Crippen LogP contribution < -0.4 is 4.74 Å². The van der Waals surface area contributed by atoms with Gasteiger partial charge in [0.15, 0.2) is 11.6 Å². The lowest BCUT2D eigenvalue weighted by Gasteiger charge is -2.06. The van der Waals surface area contributed by atoms with Crippen molar-refractivity contribution in [3.63, 3.8) is 0 Å². The number of carbonyl (C=O) groups is 1. The van der Waals surface area contributed by atoms with Crippen molar-refractivity contribution in [3.05, 3.63) is 53.4 Å². The Kier molecular flexibility index (Phi) is 3.32. The van der Waals surface area contributed by atoms with Crippen LogP contribution in [0.2, 0.25) is 0 Å². The van der Waals surface area contributed by atoms with Crippen molar-refractivity contribution in [3.8, 4) is 5.75 Å². The highest BCUT2D eigenvalue weighted by molar-refractivity contribution is 6.07. The highest BCUT2D eigenvalue weighted by Gasteiger charge is 2.18. The maximum atomic E-state index is 13.9. The van der Waals surface area contributed by atoms with Crippen molar-refractivity contribution in [2.75, 3.05) is 7.11 Å². The maximum absolute atomic E-state index is 13.9. The van der Waals surface area contributed by atoms with Crippen LogP contribution in [0.15, 0.2) is 30.6 Å². The van der Waals surface area contributed by atoms with E-state index in [4.69, 9.17) is 4.74 Å². The summed E-state index contributed by atoms with van der Waals surface area (Å²) >= 11 is 0. The fraction of sp³-hybridized carbons (Fsp3) is 0.154. The van der Waals surface area contributed by atoms with Gasteiger partial charge in [0.1, 0.15) is 5.69 Å². The molecule has 4 nitrogen and oxygen atoms in total. The number of hydrogen-bond acceptors (Lipinski definition) is 4. The Bertz CT molecular complexity index is 582. The van der Waals surface area contributed by atoms with Crippen molar-refractivity contribution >= 4 is 5.78 Å². The number of carbonyl (C=O) groups excluding carboxylic acids is 1. The van der Waals surface area contributed by atoms with Crippen LogP contribution in [0.3, 0.4) is 0 Å². The van der Waals surface area contributed by atoms with Crippen LogP contribution in [-0.2, 0) is 0 Å². The van der Waals surface area contributed by atoms with Crippen LogP contribution in [0.25, 0.3) is 0 Å². The summed E-state index contributed by atoms with van der Waals surface area (Å²) in [4.78, 5) is 19.9. The molecule has 2 rings (SSSR count). The lowest BCUT2D eigenvalue weighted by Crippen LogP contribution is -2.08. The molecule has 0 aliphatic rings. The average molecular weight is 246 g/mol. The van der Waals surface area contributed by atoms with Gasteiger partial charge >= 0.3 is 0 Å².